The van der Waals surface area contributed by atoms with E-state index < -0.39 is 12.1 Å². The Morgan fingerprint density at radius 1 is 0.358 bits per heavy atom. The molecule has 0 aliphatic carbocycles. The third-order valence-electron chi connectivity index (χ3n) is 14.7. The monoisotopic (exact) mass is 948 g/mol. The second-order valence-corrected chi connectivity index (χ2v) is 21.4. The number of hydrogen-bond donors (Lipinski definition) is 3. The molecule has 3 N–H and O–H groups in total. The Hall–Kier alpha value is -1.14. The second-order valence-electron chi connectivity index (χ2n) is 21.4. The lowest BCUT2D eigenvalue weighted by molar-refractivity contribution is -0.143. The molecule has 0 saturated carbocycles. The molecule has 0 bridgehead atoms. The van der Waals surface area contributed by atoms with Crippen molar-refractivity contribution in [2.75, 3.05) is 13.2 Å². The predicted octanol–water partition coefficient (Wildman–Crippen LogP) is 19.1. The number of aliphatic hydroxyl groups is 2. The van der Waals surface area contributed by atoms with Crippen LogP contribution in [-0.4, -0.2) is 47.4 Å². The number of carbonyl (C=O) groups is 2. The van der Waals surface area contributed by atoms with Crippen LogP contribution < -0.4 is 5.32 Å². The van der Waals surface area contributed by atoms with Crippen LogP contribution >= 0.6 is 0 Å². The minimum absolute atomic E-state index is 0.0209. The standard InChI is InChI=1S/C61H121NO5/c1-3-5-7-9-11-13-14-15-28-32-35-39-43-47-51-55-61(66)67-56-52-48-44-40-36-33-30-27-25-23-21-19-17-16-18-20-22-24-26-29-31-34-38-42-46-50-54-60(65)62-58(57-63)59(64)53-49-45-41-37-12-10-8-6-4-2/h58-59,63-64H,3-57H2,1-2H3,(H,62,65). The summed E-state index contributed by atoms with van der Waals surface area (Å²) in [5, 5.41) is 23.1. The van der Waals surface area contributed by atoms with E-state index in [1.165, 1.54) is 283 Å². The van der Waals surface area contributed by atoms with E-state index in [1.54, 1.807) is 0 Å². The fourth-order valence-corrected chi connectivity index (χ4v) is 9.94. The Balaban J connectivity index is 3.30. The van der Waals surface area contributed by atoms with Gasteiger partial charge in [-0.15, -0.1) is 0 Å². The van der Waals surface area contributed by atoms with Crippen molar-refractivity contribution in [1.29, 1.82) is 0 Å². The van der Waals surface area contributed by atoms with Gasteiger partial charge in [-0.3, -0.25) is 9.59 Å². The average Bonchev–Trinajstić information content (AvgIpc) is 3.33. The van der Waals surface area contributed by atoms with E-state index in [2.05, 4.69) is 19.2 Å². The predicted molar refractivity (Wildman–Crippen MR) is 292 cm³/mol. The van der Waals surface area contributed by atoms with Gasteiger partial charge in [-0.25, -0.2) is 0 Å². The summed E-state index contributed by atoms with van der Waals surface area (Å²) < 4.78 is 5.49. The number of amides is 1. The third kappa shape index (κ3) is 54.0. The van der Waals surface area contributed by atoms with Gasteiger partial charge in [-0.1, -0.05) is 316 Å². The van der Waals surface area contributed by atoms with E-state index in [-0.39, 0.29) is 18.5 Å². The minimum atomic E-state index is -0.659. The molecular formula is C61H121NO5. The molecule has 0 aliphatic heterocycles. The Morgan fingerprint density at radius 2 is 0.612 bits per heavy atom. The molecule has 0 aromatic rings. The number of esters is 1. The molecule has 0 heterocycles. The van der Waals surface area contributed by atoms with Crippen LogP contribution in [0.1, 0.15) is 354 Å². The van der Waals surface area contributed by atoms with Gasteiger partial charge in [0.05, 0.1) is 25.4 Å². The molecule has 2 atom stereocenters. The maximum atomic E-state index is 12.4. The lowest BCUT2D eigenvalue weighted by Gasteiger charge is -2.22. The molecule has 0 spiro atoms. The molecule has 0 saturated heterocycles. The molecule has 0 aromatic heterocycles. The minimum Gasteiger partial charge on any atom is -0.466 e. The first-order chi connectivity index (χ1) is 33.0. The topological polar surface area (TPSA) is 95.9 Å². The van der Waals surface area contributed by atoms with Crippen molar-refractivity contribution in [3.63, 3.8) is 0 Å². The van der Waals surface area contributed by atoms with Crippen molar-refractivity contribution in [2.45, 2.75) is 366 Å². The maximum absolute atomic E-state index is 12.4. The lowest BCUT2D eigenvalue weighted by Crippen LogP contribution is -2.45. The van der Waals surface area contributed by atoms with Crippen LogP contribution in [0.25, 0.3) is 0 Å². The highest BCUT2D eigenvalue weighted by atomic mass is 16.5. The van der Waals surface area contributed by atoms with Crippen LogP contribution in [0.4, 0.5) is 0 Å². The van der Waals surface area contributed by atoms with E-state index >= 15 is 0 Å². The second kappa shape index (κ2) is 57.4. The Labute approximate surface area is 419 Å². The Kier molecular flexibility index (Phi) is 56.5. The van der Waals surface area contributed by atoms with Crippen molar-refractivity contribution < 1.29 is 24.5 Å². The zero-order chi connectivity index (χ0) is 48.6. The fourth-order valence-electron chi connectivity index (χ4n) is 9.94. The highest BCUT2D eigenvalue weighted by Gasteiger charge is 2.20. The number of ether oxygens (including phenoxy) is 1. The quantitative estimate of drug-likeness (QED) is 0.0417. The van der Waals surface area contributed by atoms with Crippen molar-refractivity contribution in [2.24, 2.45) is 0 Å². The summed E-state index contributed by atoms with van der Waals surface area (Å²) >= 11 is 0. The molecule has 0 fully saturated rings. The summed E-state index contributed by atoms with van der Waals surface area (Å²) in [5.74, 6) is -0.0124. The van der Waals surface area contributed by atoms with Crippen molar-refractivity contribution in [3.8, 4) is 0 Å². The molecule has 1 amide bonds. The molecule has 0 aromatic carbocycles. The third-order valence-corrected chi connectivity index (χ3v) is 14.7. The van der Waals surface area contributed by atoms with Crippen LogP contribution in [0.3, 0.4) is 0 Å². The van der Waals surface area contributed by atoms with Gasteiger partial charge < -0.3 is 20.3 Å². The first kappa shape index (κ1) is 65.9. The van der Waals surface area contributed by atoms with E-state index in [4.69, 9.17) is 4.74 Å². The zero-order valence-corrected chi connectivity index (χ0v) is 45.7. The molecule has 0 rings (SSSR count). The number of nitrogens with one attached hydrogen (secondary N) is 1. The van der Waals surface area contributed by atoms with Crippen molar-refractivity contribution in [1.82, 2.24) is 5.32 Å². The lowest BCUT2D eigenvalue weighted by atomic mass is 10.0. The van der Waals surface area contributed by atoms with Crippen LogP contribution in [0.15, 0.2) is 0 Å². The largest absolute Gasteiger partial charge is 0.466 e. The van der Waals surface area contributed by atoms with Crippen molar-refractivity contribution in [3.05, 3.63) is 0 Å². The van der Waals surface area contributed by atoms with Crippen LogP contribution in [0.2, 0.25) is 0 Å². The molecule has 6 heteroatoms. The van der Waals surface area contributed by atoms with Gasteiger partial charge in [0.2, 0.25) is 5.91 Å². The normalized spacial score (nSPS) is 12.5. The highest BCUT2D eigenvalue weighted by Crippen LogP contribution is 2.18. The summed E-state index contributed by atoms with van der Waals surface area (Å²) in [4.78, 5) is 24.5. The first-order valence-corrected chi connectivity index (χ1v) is 30.8. The molecule has 0 aliphatic rings. The van der Waals surface area contributed by atoms with Gasteiger partial charge in [0, 0.05) is 12.8 Å². The fraction of sp³-hybridized carbons (Fsp3) is 0.967. The molecule has 2 unspecified atom stereocenters. The van der Waals surface area contributed by atoms with Crippen LogP contribution in [-0.2, 0) is 14.3 Å². The molecule has 6 nitrogen and oxygen atoms in total. The first-order valence-electron chi connectivity index (χ1n) is 30.8. The molecule has 400 valence electrons. The van der Waals surface area contributed by atoms with Crippen molar-refractivity contribution >= 4 is 11.9 Å². The van der Waals surface area contributed by atoms with Crippen LogP contribution in [0.5, 0.6) is 0 Å². The number of aliphatic hydroxyl groups excluding tert-OH is 2. The van der Waals surface area contributed by atoms with Gasteiger partial charge in [-0.05, 0) is 25.7 Å². The van der Waals surface area contributed by atoms with E-state index in [1.807, 2.05) is 0 Å². The summed E-state index contributed by atoms with van der Waals surface area (Å²) in [5.41, 5.74) is 0. The highest BCUT2D eigenvalue weighted by molar-refractivity contribution is 5.76. The van der Waals surface area contributed by atoms with Crippen LogP contribution in [0, 0.1) is 0 Å². The van der Waals surface area contributed by atoms with E-state index in [0.717, 1.165) is 38.5 Å². The van der Waals surface area contributed by atoms with Gasteiger partial charge in [-0.2, -0.15) is 0 Å². The average molecular weight is 949 g/mol. The zero-order valence-electron chi connectivity index (χ0n) is 45.7. The Morgan fingerprint density at radius 3 is 0.910 bits per heavy atom. The van der Waals surface area contributed by atoms with E-state index in [0.29, 0.717) is 25.9 Å². The summed E-state index contributed by atoms with van der Waals surface area (Å²) in [6.07, 6.45) is 67.0. The van der Waals surface area contributed by atoms with E-state index in [9.17, 15) is 19.8 Å². The molecular weight excluding hydrogens is 827 g/mol. The smallest absolute Gasteiger partial charge is 0.305 e. The summed E-state index contributed by atoms with van der Waals surface area (Å²) in [6.45, 7) is 4.96. The number of unbranched alkanes of at least 4 members (excludes halogenated alkanes) is 47. The summed E-state index contributed by atoms with van der Waals surface area (Å²) in [6, 6.07) is -0.536. The number of hydrogen-bond acceptors (Lipinski definition) is 5. The molecule has 0 radical (unpaired) electrons. The van der Waals surface area contributed by atoms with Gasteiger partial charge in [0.15, 0.2) is 0 Å². The van der Waals surface area contributed by atoms with Gasteiger partial charge >= 0.3 is 5.97 Å². The number of carbonyl (C=O) groups excluding carboxylic acids is 2. The molecule has 67 heavy (non-hydrogen) atoms. The maximum Gasteiger partial charge on any atom is 0.305 e. The number of rotatable bonds is 58. The van der Waals surface area contributed by atoms with Gasteiger partial charge in [0.25, 0.3) is 0 Å². The SMILES string of the molecule is CCCCCCCCCCCCCCCCCC(=O)OCCCCCCCCCCCCCCCCCCCCCCCCCCCCC(=O)NC(CO)C(O)CCCCCCCCCCC. The Bertz CT molecular complexity index is 959. The van der Waals surface area contributed by atoms with Gasteiger partial charge in [0.1, 0.15) is 0 Å². The summed E-state index contributed by atoms with van der Waals surface area (Å²) in [7, 11) is 0.